The van der Waals surface area contributed by atoms with Crippen molar-refractivity contribution in [3.05, 3.63) is 59.2 Å². The number of carbonyl (C=O) groups is 2. The summed E-state index contributed by atoms with van der Waals surface area (Å²) in [6.45, 7) is 0.629. The van der Waals surface area contributed by atoms with Gasteiger partial charge in [-0.2, -0.15) is 0 Å². The highest BCUT2D eigenvalue weighted by molar-refractivity contribution is 5.97. The van der Waals surface area contributed by atoms with Gasteiger partial charge < -0.3 is 19.7 Å². The quantitative estimate of drug-likeness (QED) is 0.886. The number of carbonyl (C=O) groups excluding carboxylic acids is 2. The zero-order chi connectivity index (χ0) is 19.7. The molecule has 1 saturated heterocycles. The van der Waals surface area contributed by atoms with Crippen LogP contribution >= 0.6 is 0 Å². The van der Waals surface area contributed by atoms with Crippen LogP contribution in [0, 0.1) is 0 Å². The van der Waals surface area contributed by atoms with E-state index in [2.05, 4.69) is 5.32 Å². The molecule has 6 heteroatoms. The summed E-state index contributed by atoms with van der Waals surface area (Å²) in [5.41, 5.74) is 2.79. The summed E-state index contributed by atoms with van der Waals surface area (Å²) in [6.07, 6.45) is 2.12. The Labute approximate surface area is 164 Å². The van der Waals surface area contributed by atoms with Crippen molar-refractivity contribution in [1.82, 2.24) is 10.2 Å². The van der Waals surface area contributed by atoms with Crippen molar-refractivity contribution in [3.8, 4) is 11.5 Å². The fraction of sp³-hybridized carbons (Fsp3) is 0.364. The zero-order valence-corrected chi connectivity index (χ0v) is 16.1. The number of hydrogen-bond acceptors (Lipinski definition) is 4. The molecule has 2 heterocycles. The molecular formula is C22H24N2O4. The fourth-order valence-corrected chi connectivity index (χ4v) is 4.26. The Kier molecular flexibility index (Phi) is 4.94. The SMILES string of the molecule is COc1cc2c(c(OC)c1)[C@@H]1CC[C@H](NC(=O)c3ccccc3)C(=O)N1CC2. The van der Waals surface area contributed by atoms with E-state index < -0.39 is 6.04 Å². The summed E-state index contributed by atoms with van der Waals surface area (Å²) in [5.74, 6) is 1.28. The van der Waals surface area contributed by atoms with Crippen LogP contribution in [-0.4, -0.2) is 43.5 Å². The maximum absolute atomic E-state index is 13.1. The highest BCUT2D eigenvalue weighted by atomic mass is 16.5. The van der Waals surface area contributed by atoms with Crippen LogP contribution in [0.5, 0.6) is 11.5 Å². The van der Waals surface area contributed by atoms with Crippen LogP contribution in [0.15, 0.2) is 42.5 Å². The Bertz CT molecular complexity index is 880. The predicted molar refractivity (Wildman–Crippen MR) is 105 cm³/mol. The molecule has 0 bridgehead atoms. The third kappa shape index (κ3) is 3.19. The Hall–Kier alpha value is -3.02. The molecular weight excluding hydrogens is 356 g/mol. The van der Waals surface area contributed by atoms with E-state index in [1.807, 2.05) is 35.2 Å². The topological polar surface area (TPSA) is 67.9 Å². The van der Waals surface area contributed by atoms with Gasteiger partial charge in [-0.1, -0.05) is 18.2 Å². The molecule has 0 radical (unpaired) electrons. The van der Waals surface area contributed by atoms with Gasteiger partial charge in [0, 0.05) is 23.7 Å². The molecule has 0 aliphatic carbocycles. The van der Waals surface area contributed by atoms with Crippen molar-refractivity contribution < 1.29 is 19.1 Å². The van der Waals surface area contributed by atoms with E-state index in [4.69, 9.17) is 9.47 Å². The lowest BCUT2D eigenvalue weighted by Gasteiger charge is -2.43. The van der Waals surface area contributed by atoms with Crippen molar-refractivity contribution in [2.75, 3.05) is 20.8 Å². The number of rotatable bonds is 4. The molecule has 6 nitrogen and oxygen atoms in total. The lowest BCUT2D eigenvalue weighted by Crippen LogP contribution is -2.55. The number of methoxy groups -OCH3 is 2. The van der Waals surface area contributed by atoms with E-state index in [1.54, 1.807) is 26.4 Å². The van der Waals surface area contributed by atoms with Crippen molar-refractivity contribution in [3.63, 3.8) is 0 Å². The smallest absolute Gasteiger partial charge is 0.251 e. The van der Waals surface area contributed by atoms with Gasteiger partial charge in [-0.3, -0.25) is 9.59 Å². The number of amides is 2. The van der Waals surface area contributed by atoms with Crippen molar-refractivity contribution in [2.45, 2.75) is 31.3 Å². The standard InChI is InChI=1S/C22H24N2O4/c1-27-16-12-15-10-11-24-18(20(15)19(13-16)28-2)9-8-17(22(24)26)23-21(25)14-6-4-3-5-7-14/h3-7,12-13,17-18H,8-11H2,1-2H3,(H,23,25)/t17-,18-/m0/s1. The lowest BCUT2D eigenvalue weighted by molar-refractivity contribution is -0.139. The second-order valence-corrected chi connectivity index (χ2v) is 7.17. The largest absolute Gasteiger partial charge is 0.497 e. The van der Waals surface area contributed by atoms with Crippen LogP contribution in [0.2, 0.25) is 0 Å². The molecule has 1 fully saturated rings. The van der Waals surface area contributed by atoms with Gasteiger partial charge in [0.25, 0.3) is 5.91 Å². The summed E-state index contributed by atoms with van der Waals surface area (Å²) in [6, 6.07) is 12.4. The Morgan fingerprint density at radius 1 is 1.11 bits per heavy atom. The molecule has 2 atom stereocenters. The fourth-order valence-electron chi connectivity index (χ4n) is 4.26. The summed E-state index contributed by atoms with van der Waals surface area (Å²) >= 11 is 0. The number of ether oxygens (including phenoxy) is 2. The van der Waals surface area contributed by atoms with Gasteiger partial charge in [0.2, 0.25) is 5.91 Å². The number of hydrogen-bond donors (Lipinski definition) is 1. The second kappa shape index (κ2) is 7.54. The lowest BCUT2D eigenvalue weighted by atomic mass is 9.84. The third-order valence-corrected chi connectivity index (χ3v) is 5.64. The van der Waals surface area contributed by atoms with Gasteiger partial charge in [0.1, 0.15) is 17.5 Å². The van der Waals surface area contributed by atoms with Gasteiger partial charge in [-0.25, -0.2) is 0 Å². The zero-order valence-electron chi connectivity index (χ0n) is 16.1. The number of nitrogens with zero attached hydrogens (tertiary/aromatic N) is 1. The van der Waals surface area contributed by atoms with Gasteiger partial charge in [-0.05, 0) is 43.0 Å². The van der Waals surface area contributed by atoms with Crippen LogP contribution in [0.4, 0.5) is 0 Å². The number of piperidine rings is 1. The summed E-state index contributed by atoms with van der Waals surface area (Å²) in [7, 11) is 3.28. The van der Waals surface area contributed by atoms with Crippen LogP contribution < -0.4 is 14.8 Å². The normalized spacial score (nSPS) is 20.8. The molecule has 0 aromatic heterocycles. The molecule has 146 valence electrons. The maximum atomic E-state index is 13.1. The molecule has 0 unspecified atom stereocenters. The Morgan fingerprint density at radius 3 is 2.61 bits per heavy atom. The number of nitrogens with one attached hydrogen (secondary N) is 1. The number of benzene rings is 2. The van der Waals surface area contributed by atoms with Gasteiger partial charge in [-0.15, -0.1) is 0 Å². The first-order valence-electron chi connectivity index (χ1n) is 9.53. The first-order chi connectivity index (χ1) is 13.6. The Balaban J connectivity index is 1.56. The van der Waals surface area contributed by atoms with Crippen molar-refractivity contribution >= 4 is 11.8 Å². The van der Waals surface area contributed by atoms with E-state index >= 15 is 0 Å². The van der Waals surface area contributed by atoms with E-state index in [0.29, 0.717) is 18.5 Å². The van der Waals surface area contributed by atoms with Crippen LogP contribution in [0.25, 0.3) is 0 Å². The van der Waals surface area contributed by atoms with Gasteiger partial charge in [0.05, 0.1) is 20.3 Å². The highest BCUT2D eigenvalue weighted by Crippen LogP contribution is 2.43. The highest BCUT2D eigenvalue weighted by Gasteiger charge is 2.41. The first kappa shape index (κ1) is 18.3. The number of fused-ring (bicyclic) bond motifs is 3. The van der Waals surface area contributed by atoms with Crippen molar-refractivity contribution in [1.29, 1.82) is 0 Å². The second-order valence-electron chi connectivity index (χ2n) is 7.17. The molecule has 1 N–H and O–H groups in total. The van der Waals surface area contributed by atoms with Crippen LogP contribution in [-0.2, 0) is 11.2 Å². The average molecular weight is 380 g/mol. The molecule has 4 rings (SSSR count). The van der Waals surface area contributed by atoms with Crippen LogP contribution in [0.3, 0.4) is 0 Å². The molecule has 2 aromatic rings. The molecule has 28 heavy (non-hydrogen) atoms. The minimum absolute atomic E-state index is 0.0240. The molecule has 0 saturated carbocycles. The van der Waals surface area contributed by atoms with E-state index in [0.717, 1.165) is 35.5 Å². The predicted octanol–water partition coefficient (Wildman–Crippen LogP) is 2.72. The molecule has 2 aliphatic heterocycles. The first-order valence-corrected chi connectivity index (χ1v) is 9.53. The molecule has 2 aliphatic rings. The maximum Gasteiger partial charge on any atom is 0.251 e. The average Bonchev–Trinajstić information content (AvgIpc) is 2.75. The van der Waals surface area contributed by atoms with Crippen LogP contribution in [0.1, 0.15) is 40.4 Å². The minimum Gasteiger partial charge on any atom is -0.497 e. The molecule has 2 amide bonds. The minimum atomic E-state index is -0.491. The van der Waals surface area contributed by atoms with E-state index in [-0.39, 0.29) is 17.9 Å². The summed E-state index contributed by atoms with van der Waals surface area (Å²) < 4.78 is 11.0. The third-order valence-electron chi connectivity index (χ3n) is 5.64. The molecule has 0 spiro atoms. The Morgan fingerprint density at radius 2 is 1.89 bits per heavy atom. The monoisotopic (exact) mass is 380 g/mol. The molecule has 2 aromatic carbocycles. The van der Waals surface area contributed by atoms with Gasteiger partial charge in [0.15, 0.2) is 0 Å². The van der Waals surface area contributed by atoms with Gasteiger partial charge >= 0.3 is 0 Å². The summed E-state index contributed by atoms with van der Waals surface area (Å²) in [5, 5.41) is 2.91. The van der Waals surface area contributed by atoms with Crippen molar-refractivity contribution in [2.24, 2.45) is 0 Å². The van der Waals surface area contributed by atoms with E-state index in [9.17, 15) is 9.59 Å². The summed E-state index contributed by atoms with van der Waals surface area (Å²) in [4.78, 5) is 27.5. The van der Waals surface area contributed by atoms with E-state index in [1.165, 1.54) is 0 Å².